The lowest BCUT2D eigenvalue weighted by Crippen LogP contribution is -2.18. The third-order valence-corrected chi connectivity index (χ3v) is 3.47. The van der Waals surface area contributed by atoms with Gasteiger partial charge in [0.25, 0.3) is 0 Å². The van der Waals surface area contributed by atoms with Gasteiger partial charge in [-0.25, -0.2) is 0 Å². The number of nitrogens with zero attached hydrogens (tertiary/aromatic N) is 1. The minimum absolute atomic E-state index is 1.06. The van der Waals surface area contributed by atoms with Crippen LogP contribution in [0.5, 0.6) is 0 Å². The van der Waals surface area contributed by atoms with Crippen LogP contribution in [0.4, 0.5) is 11.4 Å². The summed E-state index contributed by atoms with van der Waals surface area (Å²) in [7, 11) is 0. The molecule has 0 N–H and O–H groups in total. The quantitative estimate of drug-likeness (QED) is 0.716. The van der Waals surface area contributed by atoms with Gasteiger partial charge in [-0.1, -0.05) is 47.5 Å². The monoisotopic (exact) mass is 303 g/mol. The second kappa shape index (κ2) is 6.60. The number of unbranched alkanes of at least 4 members (excludes halogenated alkanes) is 1. The summed E-state index contributed by atoms with van der Waals surface area (Å²) in [5.41, 5.74) is 2.51. The predicted molar refractivity (Wildman–Crippen MR) is 82.5 cm³/mol. The summed E-state index contributed by atoms with van der Waals surface area (Å²) in [6.07, 6.45) is 2.41. The highest BCUT2D eigenvalue weighted by atomic mass is 79.9. The van der Waals surface area contributed by atoms with Gasteiger partial charge in [-0.05, 0) is 42.8 Å². The van der Waals surface area contributed by atoms with Crippen molar-refractivity contribution in [3.8, 4) is 0 Å². The van der Waals surface area contributed by atoms with Crippen molar-refractivity contribution < 1.29 is 0 Å². The molecule has 2 aromatic rings. The van der Waals surface area contributed by atoms with Crippen LogP contribution in [0.3, 0.4) is 0 Å². The zero-order chi connectivity index (χ0) is 12.8. The van der Waals surface area contributed by atoms with E-state index in [1.165, 1.54) is 24.2 Å². The molecule has 0 unspecified atom stereocenters. The van der Waals surface area contributed by atoms with Crippen molar-refractivity contribution in [2.45, 2.75) is 19.8 Å². The minimum Gasteiger partial charge on any atom is -0.341 e. The lowest BCUT2D eigenvalue weighted by atomic mass is 10.2. The number of hydrogen-bond donors (Lipinski definition) is 0. The van der Waals surface area contributed by atoms with Crippen LogP contribution in [0.15, 0.2) is 59.1 Å². The Balaban J connectivity index is 2.27. The van der Waals surface area contributed by atoms with Crippen molar-refractivity contribution in [1.29, 1.82) is 0 Å². The lowest BCUT2D eigenvalue weighted by molar-refractivity contribution is 0.786. The van der Waals surface area contributed by atoms with Crippen molar-refractivity contribution in [2.24, 2.45) is 0 Å². The van der Waals surface area contributed by atoms with Crippen LogP contribution in [0.1, 0.15) is 19.8 Å². The first-order chi connectivity index (χ1) is 8.81. The first-order valence-electron chi connectivity index (χ1n) is 6.39. The van der Waals surface area contributed by atoms with Gasteiger partial charge in [0.1, 0.15) is 0 Å². The van der Waals surface area contributed by atoms with Gasteiger partial charge in [0.15, 0.2) is 0 Å². The molecule has 1 nitrogen and oxygen atoms in total. The van der Waals surface area contributed by atoms with E-state index in [0.29, 0.717) is 0 Å². The molecule has 0 spiro atoms. The molecule has 0 bridgehead atoms. The summed E-state index contributed by atoms with van der Waals surface area (Å²) in [4.78, 5) is 2.37. The maximum atomic E-state index is 3.48. The highest BCUT2D eigenvalue weighted by Gasteiger charge is 2.07. The fourth-order valence-electron chi connectivity index (χ4n) is 1.95. The maximum absolute atomic E-state index is 3.48. The van der Waals surface area contributed by atoms with Crippen LogP contribution in [0.25, 0.3) is 0 Å². The van der Waals surface area contributed by atoms with E-state index in [0.717, 1.165) is 11.0 Å². The highest BCUT2D eigenvalue weighted by Crippen LogP contribution is 2.26. The van der Waals surface area contributed by atoms with Gasteiger partial charge in [-0.15, -0.1) is 0 Å². The third-order valence-electron chi connectivity index (χ3n) is 2.94. The van der Waals surface area contributed by atoms with Gasteiger partial charge in [0, 0.05) is 22.4 Å². The van der Waals surface area contributed by atoms with E-state index >= 15 is 0 Å². The molecule has 18 heavy (non-hydrogen) atoms. The average Bonchev–Trinajstić information content (AvgIpc) is 2.42. The Labute approximate surface area is 118 Å². The molecule has 0 aromatic heterocycles. The van der Waals surface area contributed by atoms with Crippen molar-refractivity contribution in [3.05, 3.63) is 59.1 Å². The topological polar surface area (TPSA) is 3.24 Å². The average molecular weight is 304 g/mol. The van der Waals surface area contributed by atoms with Crippen LogP contribution in [-0.4, -0.2) is 6.54 Å². The normalized spacial score (nSPS) is 10.3. The number of benzene rings is 2. The first-order valence-corrected chi connectivity index (χ1v) is 7.18. The highest BCUT2D eigenvalue weighted by molar-refractivity contribution is 9.10. The summed E-state index contributed by atoms with van der Waals surface area (Å²) in [5.74, 6) is 0. The van der Waals surface area contributed by atoms with Crippen LogP contribution in [0, 0.1) is 0 Å². The van der Waals surface area contributed by atoms with Crippen molar-refractivity contribution >= 4 is 27.3 Å². The minimum atomic E-state index is 1.06. The molecule has 94 valence electrons. The molecule has 0 aliphatic rings. The molecular weight excluding hydrogens is 286 g/mol. The number of para-hydroxylation sites is 1. The fourth-order valence-corrected chi connectivity index (χ4v) is 2.22. The zero-order valence-corrected chi connectivity index (χ0v) is 12.2. The summed E-state index contributed by atoms with van der Waals surface area (Å²) in [5, 5.41) is 0. The Kier molecular flexibility index (Phi) is 4.82. The Morgan fingerprint density at radius 2 is 1.50 bits per heavy atom. The largest absolute Gasteiger partial charge is 0.341 e. The number of rotatable bonds is 5. The van der Waals surface area contributed by atoms with E-state index in [1.54, 1.807) is 0 Å². The summed E-state index contributed by atoms with van der Waals surface area (Å²) < 4.78 is 1.12. The van der Waals surface area contributed by atoms with Gasteiger partial charge >= 0.3 is 0 Å². The Hall–Kier alpha value is -1.28. The number of halogens is 1. The molecule has 0 atom stereocenters. The first kappa shape index (κ1) is 13.2. The zero-order valence-electron chi connectivity index (χ0n) is 10.6. The molecule has 0 aliphatic heterocycles. The standard InChI is InChI=1S/C16H18BrN/c1-2-3-13-18(15-7-5-4-6-8-15)16-11-9-14(17)10-12-16/h4-12H,2-3,13H2,1H3. The lowest BCUT2D eigenvalue weighted by Gasteiger charge is -2.25. The summed E-state index contributed by atoms with van der Waals surface area (Å²) in [6.45, 7) is 3.28. The van der Waals surface area contributed by atoms with E-state index in [-0.39, 0.29) is 0 Å². The van der Waals surface area contributed by atoms with Gasteiger partial charge in [0.2, 0.25) is 0 Å². The third kappa shape index (κ3) is 3.36. The summed E-state index contributed by atoms with van der Waals surface area (Å²) in [6, 6.07) is 19.1. The second-order valence-corrected chi connectivity index (χ2v) is 5.23. The maximum Gasteiger partial charge on any atom is 0.0411 e. The Morgan fingerprint density at radius 1 is 0.889 bits per heavy atom. The van der Waals surface area contributed by atoms with Crippen molar-refractivity contribution in [3.63, 3.8) is 0 Å². The smallest absolute Gasteiger partial charge is 0.0411 e. The predicted octanol–water partition coefficient (Wildman–Crippen LogP) is 5.39. The van der Waals surface area contributed by atoms with E-state index in [9.17, 15) is 0 Å². The molecule has 0 heterocycles. The second-order valence-electron chi connectivity index (χ2n) is 4.32. The summed E-state index contributed by atoms with van der Waals surface area (Å²) >= 11 is 3.48. The van der Waals surface area contributed by atoms with Crippen LogP contribution >= 0.6 is 15.9 Å². The van der Waals surface area contributed by atoms with E-state index < -0.39 is 0 Å². The van der Waals surface area contributed by atoms with E-state index in [2.05, 4.69) is 82.4 Å². The van der Waals surface area contributed by atoms with E-state index in [1.807, 2.05) is 0 Å². The molecule has 0 saturated heterocycles. The Bertz CT molecular complexity index is 464. The van der Waals surface area contributed by atoms with Gasteiger partial charge in [-0.3, -0.25) is 0 Å². The molecule has 2 aromatic carbocycles. The SMILES string of the molecule is CCCCN(c1ccccc1)c1ccc(Br)cc1. The molecule has 0 fully saturated rings. The van der Waals surface area contributed by atoms with Crippen molar-refractivity contribution in [2.75, 3.05) is 11.4 Å². The van der Waals surface area contributed by atoms with E-state index in [4.69, 9.17) is 0 Å². The number of anilines is 2. The van der Waals surface area contributed by atoms with Crippen molar-refractivity contribution in [1.82, 2.24) is 0 Å². The molecular formula is C16H18BrN. The van der Waals surface area contributed by atoms with Gasteiger partial charge in [0.05, 0.1) is 0 Å². The molecule has 2 heteroatoms. The molecule has 0 aliphatic carbocycles. The van der Waals surface area contributed by atoms with Gasteiger partial charge in [-0.2, -0.15) is 0 Å². The van der Waals surface area contributed by atoms with Crippen LogP contribution in [0.2, 0.25) is 0 Å². The number of hydrogen-bond acceptors (Lipinski definition) is 1. The molecule has 0 saturated carbocycles. The Morgan fingerprint density at radius 3 is 2.11 bits per heavy atom. The molecule has 0 radical (unpaired) electrons. The van der Waals surface area contributed by atoms with Crippen LogP contribution < -0.4 is 4.90 Å². The molecule has 0 amide bonds. The molecule has 2 rings (SSSR count). The fraction of sp³-hybridized carbons (Fsp3) is 0.250. The van der Waals surface area contributed by atoms with Gasteiger partial charge < -0.3 is 4.90 Å². The van der Waals surface area contributed by atoms with Crippen LogP contribution in [-0.2, 0) is 0 Å².